The fraction of sp³-hybridized carbons (Fsp3) is 0.538. The van der Waals surface area contributed by atoms with E-state index >= 15 is 0 Å². The molecule has 0 saturated carbocycles. The van der Waals surface area contributed by atoms with E-state index in [0.29, 0.717) is 0 Å². The molecule has 2 heterocycles. The second kappa shape index (κ2) is 5.14. The third-order valence-electron chi connectivity index (χ3n) is 3.53. The van der Waals surface area contributed by atoms with Crippen molar-refractivity contribution in [2.75, 3.05) is 13.1 Å². The van der Waals surface area contributed by atoms with Gasteiger partial charge < -0.3 is 15.1 Å². The lowest BCUT2D eigenvalue weighted by Gasteiger charge is -2.12. The summed E-state index contributed by atoms with van der Waals surface area (Å²) in [6, 6.07) is 0. The summed E-state index contributed by atoms with van der Waals surface area (Å²) in [7, 11) is 1.86. The van der Waals surface area contributed by atoms with Crippen molar-refractivity contribution in [1.82, 2.24) is 14.7 Å². The molecule has 0 aromatic carbocycles. The standard InChI is InChI=1S/C13H19N3O3/c1-8-10(9(2)15(3)14-8)4-5-13(19)16-6-11(17)12(18)7-16/h4-5,11-12,17-18H,6-7H2,1-3H3/b5-4+. The number of aromatic nitrogens is 2. The van der Waals surface area contributed by atoms with Gasteiger partial charge in [-0.1, -0.05) is 0 Å². The van der Waals surface area contributed by atoms with Gasteiger partial charge in [0.2, 0.25) is 5.91 Å². The molecular weight excluding hydrogens is 246 g/mol. The summed E-state index contributed by atoms with van der Waals surface area (Å²) in [5.74, 6) is -0.210. The van der Waals surface area contributed by atoms with Gasteiger partial charge in [0.15, 0.2) is 0 Å². The maximum absolute atomic E-state index is 11.9. The molecule has 2 rings (SSSR count). The number of β-amino-alcohol motifs (C(OH)–C–C–N with tert-alkyl or cyclic N) is 2. The average molecular weight is 265 g/mol. The van der Waals surface area contributed by atoms with Crippen LogP contribution >= 0.6 is 0 Å². The van der Waals surface area contributed by atoms with Crippen LogP contribution in [0.25, 0.3) is 6.08 Å². The van der Waals surface area contributed by atoms with Crippen molar-refractivity contribution in [3.8, 4) is 0 Å². The fourth-order valence-corrected chi connectivity index (χ4v) is 2.24. The lowest BCUT2D eigenvalue weighted by molar-refractivity contribution is -0.125. The molecule has 1 aliphatic rings. The second-order valence-electron chi connectivity index (χ2n) is 4.92. The third-order valence-corrected chi connectivity index (χ3v) is 3.53. The maximum Gasteiger partial charge on any atom is 0.246 e. The first-order valence-corrected chi connectivity index (χ1v) is 6.23. The van der Waals surface area contributed by atoms with Gasteiger partial charge in [-0.2, -0.15) is 5.10 Å². The van der Waals surface area contributed by atoms with Crippen LogP contribution in [0.5, 0.6) is 0 Å². The van der Waals surface area contributed by atoms with E-state index in [2.05, 4.69) is 5.10 Å². The number of aliphatic hydroxyl groups excluding tert-OH is 2. The Labute approximate surface area is 112 Å². The first-order chi connectivity index (χ1) is 8.90. The fourth-order valence-electron chi connectivity index (χ4n) is 2.24. The van der Waals surface area contributed by atoms with E-state index in [9.17, 15) is 15.0 Å². The molecule has 1 aliphatic heterocycles. The van der Waals surface area contributed by atoms with Crippen LogP contribution in [0.15, 0.2) is 6.08 Å². The molecule has 0 bridgehead atoms. The minimum absolute atomic E-state index is 0.176. The lowest BCUT2D eigenvalue weighted by atomic mass is 10.2. The molecule has 1 fully saturated rings. The predicted octanol–water partition coefficient (Wildman–Crippen LogP) is -0.386. The minimum Gasteiger partial charge on any atom is -0.388 e. The second-order valence-corrected chi connectivity index (χ2v) is 4.92. The Morgan fingerprint density at radius 1 is 1.32 bits per heavy atom. The molecule has 2 unspecified atom stereocenters. The van der Waals surface area contributed by atoms with E-state index in [0.717, 1.165) is 17.0 Å². The van der Waals surface area contributed by atoms with E-state index < -0.39 is 12.2 Å². The minimum atomic E-state index is -0.848. The highest BCUT2D eigenvalue weighted by molar-refractivity contribution is 5.92. The van der Waals surface area contributed by atoms with Crippen LogP contribution in [-0.4, -0.2) is 56.1 Å². The van der Waals surface area contributed by atoms with Crippen LogP contribution in [0.3, 0.4) is 0 Å². The number of rotatable bonds is 2. The molecule has 0 radical (unpaired) electrons. The Kier molecular flexibility index (Phi) is 3.73. The summed E-state index contributed by atoms with van der Waals surface area (Å²) in [6.45, 7) is 4.18. The van der Waals surface area contributed by atoms with Gasteiger partial charge in [-0.15, -0.1) is 0 Å². The van der Waals surface area contributed by atoms with Crippen molar-refractivity contribution in [3.63, 3.8) is 0 Å². The smallest absolute Gasteiger partial charge is 0.246 e. The molecule has 6 nitrogen and oxygen atoms in total. The number of aryl methyl sites for hydroxylation is 2. The van der Waals surface area contributed by atoms with E-state index in [1.54, 1.807) is 10.8 Å². The van der Waals surface area contributed by atoms with Gasteiger partial charge in [0.25, 0.3) is 0 Å². The van der Waals surface area contributed by atoms with E-state index in [4.69, 9.17) is 0 Å². The molecule has 1 saturated heterocycles. The number of likely N-dealkylation sites (tertiary alicyclic amines) is 1. The summed E-state index contributed by atoms with van der Waals surface area (Å²) >= 11 is 0. The number of carbonyl (C=O) groups excluding carboxylic acids is 1. The van der Waals surface area contributed by atoms with Crippen LogP contribution in [0.2, 0.25) is 0 Å². The molecule has 104 valence electrons. The Morgan fingerprint density at radius 2 is 1.89 bits per heavy atom. The Morgan fingerprint density at radius 3 is 2.37 bits per heavy atom. The summed E-state index contributed by atoms with van der Waals surface area (Å²) < 4.78 is 1.77. The molecule has 1 amide bonds. The van der Waals surface area contributed by atoms with Crippen LogP contribution in [-0.2, 0) is 11.8 Å². The zero-order valence-corrected chi connectivity index (χ0v) is 11.4. The van der Waals surface area contributed by atoms with Gasteiger partial charge in [-0.05, 0) is 19.9 Å². The van der Waals surface area contributed by atoms with Crippen molar-refractivity contribution >= 4 is 12.0 Å². The highest BCUT2D eigenvalue weighted by atomic mass is 16.3. The monoisotopic (exact) mass is 265 g/mol. The highest BCUT2D eigenvalue weighted by Gasteiger charge is 2.31. The molecule has 0 spiro atoms. The first-order valence-electron chi connectivity index (χ1n) is 6.23. The van der Waals surface area contributed by atoms with Crippen LogP contribution in [0, 0.1) is 13.8 Å². The van der Waals surface area contributed by atoms with Gasteiger partial charge in [-0.3, -0.25) is 9.48 Å². The number of carbonyl (C=O) groups is 1. The van der Waals surface area contributed by atoms with E-state index in [1.165, 1.54) is 11.0 Å². The number of hydrogen-bond donors (Lipinski definition) is 2. The van der Waals surface area contributed by atoms with Gasteiger partial charge in [0, 0.05) is 37.5 Å². The first kappa shape index (κ1) is 13.8. The topological polar surface area (TPSA) is 78.6 Å². The normalized spacial score (nSPS) is 23.5. The van der Waals surface area contributed by atoms with E-state index in [-0.39, 0.29) is 19.0 Å². The predicted molar refractivity (Wildman–Crippen MR) is 70.3 cm³/mol. The third kappa shape index (κ3) is 2.69. The van der Waals surface area contributed by atoms with Gasteiger partial charge in [-0.25, -0.2) is 0 Å². The SMILES string of the molecule is Cc1nn(C)c(C)c1/C=C/C(=O)N1CC(O)C(O)C1. The summed E-state index contributed by atoms with van der Waals surface area (Å²) in [5.41, 5.74) is 2.78. The van der Waals surface area contributed by atoms with Crippen molar-refractivity contribution in [3.05, 3.63) is 23.0 Å². The van der Waals surface area contributed by atoms with Crippen LogP contribution in [0.4, 0.5) is 0 Å². The van der Waals surface area contributed by atoms with Crippen LogP contribution in [0.1, 0.15) is 17.0 Å². The summed E-state index contributed by atoms with van der Waals surface area (Å²) in [6.07, 6.45) is 1.50. The van der Waals surface area contributed by atoms with Crippen molar-refractivity contribution in [2.45, 2.75) is 26.1 Å². The summed E-state index contributed by atoms with van der Waals surface area (Å²) in [4.78, 5) is 13.4. The number of nitrogens with zero attached hydrogens (tertiary/aromatic N) is 3. The molecule has 2 N–H and O–H groups in total. The molecule has 6 heteroatoms. The molecule has 1 aromatic heterocycles. The Bertz CT molecular complexity index is 511. The van der Waals surface area contributed by atoms with Crippen molar-refractivity contribution in [2.24, 2.45) is 7.05 Å². The largest absolute Gasteiger partial charge is 0.388 e. The van der Waals surface area contributed by atoms with E-state index in [1.807, 2.05) is 20.9 Å². The number of amides is 1. The average Bonchev–Trinajstić information content (AvgIpc) is 2.80. The van der Waals surface area contributed by atoms with Gasteiger partial charge in [0.05, 0.1) is 17.9 Å². The van der Waals surface area contributed by atoms with Gasteiger partial charge in [0.1, 0.15) is 0 Å². The highest BCUT2D eigenvalue weighted by Crippen LogP contribution is 2.15. The number of aliphatic hydroxyl groups is 2. The number of hydrogen-bond acceptors (Lipinski definition) is 4. The van der Waals surface area contributed by atoms with Crippen LogP contribution < -0.4 is 0 Å². The molecule has 0 aliphatic carbocycles. The van der Waals surface area contributed by atoms with Gasteiger partial charge >= 0.3 is 0 Å². The molecule has 1 aromatic rings. The zero-order valence-electron chi connectivity index (χ0n) is 11.4. The molecular formula is C13H19N3O3. The zero-order chi connectivity index (χ0) is 14.2. The Balaban J connectivity index is 2.09. The van der Waals surface area contributed by atoms with Crippen molar-refractivity contribution in [1.29, 1.82) is 0 Å². The quantitative estimate of drug-likeness (QED) is 0.714. The summed E-state index contributed by atoms with van der Waals surface area (Å²) in [5, 5.41) is 23.1. The maximum atomic E-state index is 11.9. The molecule has 19 heavy (non-hydrogen) atoms. The Hall–Kier alpha value is -1.66. The van der Waals surface area contributed by atoms with Crippen molar-refractivity contribution < 1.29 is 15.0 Å². The lowest BCUT2D eigenvalue weighted by Crippen LogP contribution is -2.27. The molecule has 2 atom stereocenters.